The second kappa shape index (κ2) is 5.34. The molecule has 1 saturated carbocycles. The summed E-state index contributed by atoms with van der Waals surface area (Å²) in [6.45, 7) is 0.794. The Bertz CT molecular complexity index is 525. The van der Waals surface area contributed by atoms with Crippen molar-refractivity contribution in [1.29, 1.82) is 0 Å². The van der Waals surface area contributed by atoms with Crippen molar-refractivity contribution < 1.29 is 5.11 Å². The van der Waals surface area contributed by atoms with Crippen LogP contribution >= 0.6 is 11.3 Å². The van der Waals surface area contributed by atoms with Gasteiger partial charge in [0.15, 0.2) is 0 Å². The average molecular weight is 262 g/mol. The van der Waals surface area contributed by atoms with Gasteiger partial charge in [-0.15, -0.1) is 11.3 Å². The normalized spacial score (nSPS) is 24.5. The molecule has 1 aliphatic carbocycles. The molecular formula is C14H18N2OS. The number of aliphatic hydroxyl groups is 1. The van der Waals surface area contributed by atoms with Gasteiger partial charge in [0.2, 0.25) is 0 Å². The van der Waals surface area contributed by atoms with Crippen LogP contribution in [0.25, 0.3) is 10.2 Å². The summed E-state index contributed by atoms with van der Waals surface area (Å²) in [4.78, 5) is 4.43. The zero-order chi connectivity index (χ0) is 12.4. The monoisotopic (exact) mass is 262 g/mol. The highest BCUT2D eigenvalue weighted by Crippen LogP contribution is 2.21. The maximum Gasteiger partial charge on any atom is 0.0809 e. The Hall–Kier alpha value is -0.970. The summed E-state index contributed by atoms with van der Waals surface area (Å²) in [5.74, 6) is 0. The Kier molecular flexibility index (Phi) is 3.59. The fraction of sp³-hybridized carbons (Fsp3) is 0.500. The first-order valence-electron chi connectivity index (χ1n) is 6.56. The number of hydrogen-bond acceptors (Lipinski definition) is 4. The minimum Gasteiger partial charge on any atom is -0.392 e. The van der Waals surface area contributed by atoms with Gasteiger partial charge in [-0.2, -0.15) is 0 Å². The second-order valence-corrected chi connectivity index (χ2v) is 5.93. The number of nitrogens with zero attached hydrogens (tertiary/aromatic N) is 1. The molecular weight excluding hydrogens is 244 g/mol. The Balaban J connectivity index is 1.65. The molecule has 1 fully saturated rings. The maximum absolute atomic E-state index is 9.91. The third-order valence-electron chi connectivity index (χ3n) is 3.66. The van der Waals surface area contributed by atoms with Crippen LogP contribution in [-0.2, 0) is 6.54 Å². The summed E-state index contributed by atoms with van der Waals surface area (Å²) in [7, 11) is 0. The first kappa shape index (κ1) is 12.1. The van der Waals surface area contributed by atoms with Gasteiger partial charge >= 0.3 is 0 Å². The summed E-state index contributed by atoms with van der Waals surface area (Å²) in [5.41, 5.74) is 2.27. The van der Waals surface area contributed by atoms with Crippen LogP contribution in [0.1, 0.15) is 31.2 Å². The van der Waals surface area contributed by atoms with E-state index < -0.39 is 0 Å². The van der Waals surface area contributed by atoms with E-state index in [9.17, 15) is 5.11 Å². The van der Waals surface area contributed by atoms with Crippen molar-refractivity contribution >= 4 is 21.6 Å². The van der Waals surface area contributed by atoms with Crippen LogP contribution in [-0.4, -0.2) is 22.2 Å². The standard InChI is InChI=1S/C14H18N2OS/c17-13-4-2-1-3-11(13)15-8-10-7-14-12(16-9-10)5-6-18-14/h5-7,9,11,13,15,17H,1-4,8H2. The Morgan fingerprint density at radius 3 is 3.17 bits per heavy atom. The number of thiophene rings is 1. The molecule has 2 aromatic heterocycles. The highest BCUT2D eigenvalue weighted by Gasteiger charge is 2.22. The van der Waals surface area contributed by atoms with Gasteiger partial charge < -0.3 is 10.4 Å². The van der Waals surface area contributed by atoms with Crippen molar-refractivity contribution in [1.82, 2.24) is 10.3 Å². The van der Waals surface area contributed by atoms with Gasteiger partial charge in [0.05, 0.1) is 16.3 Å². The van der Waals surface area contributed by atoms with Gasteiger partial charge in [0.25, 0.3) is 0 Å². The zero-order valence-corrected chi connectivity index (χ0v) is 11.1. The number of rotatable bonds is 3. The largest absolute Gasteiger partial charge is 0.392 e. The molecule has 0 bridgehead atoms. The molecule has 2 unspecified atom stereocenters. The minimum atomic E-state index is -0.183. The van der Waals surface area contributed by atoms with Crippen molar-refractivity contribution in [3.05, 3.63) is 29.3 Å². The van der Waals surface area contributed by atoms with Gasteiger partial charge in [-0.3, -0.25) is 4.98 Å². The summed E-state index contributed by atoms with van der Waals surface area (Å²) < 4.78 is 1.23. The molecule has 2 atom stereocenters. The highest BCUT2D eigenvalue weighted by atomic mass is 32.1. The number of pyridine rings is 1. The average Bonchev–Trinajstić information content (AvgIpc) is 2.85. The number of nitrogens with one attached hydrogen (secondary N) is 1. The van der Waals surface area contributed by atoms with Crippen LogP contribution in [0.5, 0.6) is 0 Å². The van der Waals surface area contributed by atoms with E-state index in [0.717, 1.165) is 31.3 Å². The van der Waals surface area contributed by atoms with E-state index in [0.29, 0.717) is 0 Å². The van der Waals surface area contributed by atoms with Gasteiger partial charge in [-0.05, 0) is 35.9 Å². The molecule has 0 spiro atoms. The van der Waals surface area contributed by atoms with Crippen molar-refractivity contribution in [3.8, 4) is 0 Å². The molecule has 0 aliphatic heterocycles. The molecule has 4 heteroatoms. The number of hydrogen-bond donors (Lipinski definition) is 2. The summed E-state index contributed by atoms with van der Waals surface area (Å²) in [6.07, 6.45) is 6.13. The van der Waals surface area contributed by atoms with Crippen LogP contribution in [0.2, 0.25) is 0 Å². The molecule has 0 amide bonds. The van der Waals surface area contributed by atoms with Crippen molar-refractivity contribution in [2.24, 2.45) is 0 Å². The molecule has 18 heavy (non-hydrogen) atoms. The molecule has 3 rings (SSSR count). The lowest BCUT2D eigenvalue weighted by molar-refractivity contribution is 0.0902. The molecule has 0 aromatic carbocycles. The molecule has 96 valence electrons. The second-order valence-electron chi connectivity index (χ2n) is 4.99. The first-order chi connectivity index (χ1) is 8.83. The summed E-state index contributed by atoms with van der Waals surface area (Å²) >= 11 is 1.72. The fourth-order valence-corrected chi connectivity index (χ4v) is 3.39. The molecule has 3 nitrogen and oxygen atoms in total. The fourth-order valence-electron chi connectivity index (χ4n) is 2.58. The number of fused-ring (bicyclic) bond motifs is 1. The van der Waals surface area contributed by atoms with E-state index >= 15 is 0 Å². The van der Waals surface area contributed by atoms with E-state index in [-0.39, 0.29) is 12.1 Å². The Morgan fingerprint density at radius 1 is 1.39 bits per heavy atom. The lowest BCUT2D eigenvalue weighted by Gasteiger charge is -2.28. The molecule has 2 N–H and O–H groups in total. The predicted molar refractivity (Wildman–Crippen MR) is 74.7 cm³/mol. The van der Waals surface area contributed by atoms with Crippen LogP contribution < -0.4 is 5.32 Å². The first-order valence-corrected chi connectivity index (χ1v) is 7.44. The van der Waals surface area contributed by atoms with Crippen molar-refractivity contribution in [3.63, 3.8) is 0 Å². The van der Waals surface area contributed by atoms with Gasteiger partial charge in [0, 0.05) is 18.8 Å². The van der Waals surface area contributed by atoms with Gasteiger partial charge in [0.1, 0.15) is 0 Å². The minimum absolute atomic E-state index is 0.183. The SMILES string of the molecule is OC1CCCCC1NCc1cnc2ccsc2c1. The van der Waals surface area contributed by atoms with Crippen LogP contribution in [0.4, 0.5) is 0 Å². The van der Waals surface area contributed by atoms with Gasteiger partial charge in [-0.1, -0.05) is 12.8 Å². The van der Waals surface area contributed by atoms with E-state index in [4.69, 9.17) is 0 Å². The number of aromatic nitrogens is 1. The molecule has 0 radical (unpaired) electrons. The maximum atomic E-state index is 9.91. The highest BCUT2D eigenvalue weighted by molar-refractivity contribution is 7.17. The molecule has 1 aliphatic rings. The van der Waals surface area contributed by atoms with Gasteiger partial charge in [-0.25, -0.2) is 0 Å². The number of aliphatic hydroxyl groups excluding tert-OH is 1. The van der Waals surface area contributed by atoms with Crippen LogP contribution in [0.15, 0.2) is 23.7 Å². The topological polar surface area (TPSA) is 45.1 Å². The van der Waals surface area contributed by atoms with E-state index in [1.54, 1.807) is 11.3 Å². The zero-order valence-electron chi connectivity index (χ0n) is 10.3. The Morgan fingerprint density at radius 2 is 2.28 bits per heavy atom. The third kappa shape index (κ3) is 2.55. The van der Waals surface area contributed by atoms with Crippen LogP contribution in [0.3, 0.4) is 0 Å². The van der Waals surface area contributed by atoms with Crippen molar-refractivity contribution in [2.45, 2.75) is 44.4 Å². The summed E-state index contributed by atoms with van der Waals surface area (Å²) in [5, 5.41) is 15.4. The quantitative estimate of drug-likeness (QED) is 0.894. The van der Waals surface area contributed by atoms with E-state index in [1.165, 1.54) is 16.7 Å². The smallest absolute Gasteiger partial charge is 0.0809 e. The third-order valence-corrected chi connectivity index (χ3v) is 4.51. The summed E-state index contributed by atoms with van der Waals surface area (Å²) in [6, 6.07) is 4.48. The van der Waals surface area contributed by atoms with Crippen LogP contribution in [0, 0.1) is 0 Å². The lowest BCUT2D eigenvalue weighted by atomic mass is 9.92. The predicted octanol–water partition coefficient (Wildman–Crippen LogP) is 2.69. The van der Waals surface area contributed by atoms with E-state index in [2.05, 4.69) is 21.7 Å². The van der Waals surface area contributed by atoms with E-state index in [1.807, 2.05) is 12.3 Å². The molecule has 2 heterocycles. The Labute approximate surface area is 111 Å². The lowest BCUT2D eigenvalue weighted by Crippen LogP contribution is -2.41. The molecule has 0 saturated heterocycles. The molecule has 2 aromatic rings. The van der Waals surface area contributed by atoms with Crippen molar-refractivity contribution in [2.75, 3.05) is 0 Å².